The van der Waals surface area contributed by atoms with Crippen LogP contribution in [-0.4, -0.2) is 123 Å². The number of likely N-dealkylation sites (tertiary alicyclic amines) is 3. The molecule has 6 rings (SSSR count). The van der Waals surface area contributed by atoms with Crippen molar-refractivity contribution in [2.75, 3.05) is 25.0 Å². The maximum atomic E-state index is 14.3. The Bertz CT molecular complexity index is 1860. The van der Waals surface area contributed by atoms with E-state index in [1.807, 2.05) is 44.2 Å². The van der Waals surface area contributed by atoms with Gasteiger partial charge >= 0.3 is 6.03 Å². The van der Waals surface area contributed by atoms with Gasteiger partial charge in [0, 0.05) is 38.2 Å². The third-order valence-electron chi connectivity index (χ3n) is 11.7. The molecule has 1 spiro atoms. The SMILES string of the molecule is Cc1ccc(NC(=O)N[C@@H](Cc2ccccc2)C(=O)N[C@H](C(=O)N2CCC[C@H]2C(=O)N2CCCC[C@H]2C(=O)N[C@@H](C)C(=O)N2C[C@H](C)C[C@]23CC3=O)[C@H](C)O)cc1. The minimum absolute atomic E-state index is 0.0424. The number of carbonyl (C=O) groups excluding carboxylic acids is 7. The second-order valence-corrected chi connectivity index (χ2v) is 16.3. The predicted molar refractivity (Wildman–Crippen MR) is 210 cm³/mol. The molecule has 2 aromatic rings. The van der Waals surface area contributed by atoms with E-state index < -0.39 is 71.5 Å². The monoisotopic (exact) mass is 785 g/mol. The van der Waals surface area contributed by atoms with Crippen LogP contribution in [0.1, 0.15) is 76.8 Å². The fraction of sp³-hybridized carbons (Fsp3) is 0.548. The van der Waals surface area contributed by atoms with Crippen LogP contribution >= 0.6 is 0 Å². The lowest BCUT2D eigenvalue weighted by molar-refractivity contribution is -0.152. The van der Waals surface area contributed by atoms with E-state index in [0.29, 0.717) is 57.2 Å². The highest BCUT2D eigenvalue weighted by Gasteiger charge is 2.63. The number of nitrogens with one attached hydrogen (secondary N) is 4. The van der Waals surface area contributed by atoms with Gasteiger partial charge in [-0.1, -0.05) is 55.0 Å². The van der Waals surface area contributed by atoms with Crippen LogP contribution in [0.15, 0.2) is 54.6 Å². The van der Waals surface area contributed by atoms with Crippen LogP contribution in [-0.2, 0) is 35.2 Å². The number of hydrogen-bond acceptors (Lipinski definition) is 8. The number of aryl methyl sites for hydroxylation is 1. The van der Waals surface area contributed by atoms with E-state index in [2.05, 4.69) is 21.3 Å². The molecule has 1 saturated carbocycles. The number of aliphatic hydroxyl groups excluding tert-OH is 1. The number of ketones is 1. The van der Waals surface area contributed by atoms with Crippen molar-refractivity contribution < 1.29 is 38.7 Å². The van der Waals surface area contributed by atoms with Gasteiger partial charge in [-0.2, -0.15) is 0 Å². The summed E-state index contributed by atoms with van der Waals surface area (Å²) in [6, 6.07) is 10.3. The number of amides is 7. The van der Waals surface area contributed by atoms with Crippen LogP contribution in [0, 0.1) is 12.8 Å². The Labute approximate surface area is 333 Å². The third-order valence-corrected chi connectivity index (χ3v) is 11.7. The molecular formula is C42H55N7O8. The second kappa shape index (κ2) is 17.5. The summed E-state index contributed by atoms with van der Waals surface area (Å²) >= 11 is 0. The van der Waals surface area contributed by atoms with Crippen molar-refractivity contribution in [2.24, 2.45) is 5.92 Å². The van der Waals surface area contributed by atoms with Gasteiger partial charge in [0.2, 0.25) is 29.5 Å². The lowest BCUT2D eigenvalue weighted by atomic mass is 9.99. The summed E-state index contributed by atoms with van der Waals surface area (Å²) in [7, 11) is 0. The van der Waals surface area contributed by atoms with E-state index >= 15 is 0 Å². The van der Waals surface area contributed by atoms with Crippen LogP contribution in [0.25, 0.3) is 0 Å². The minimum atomic E-state index is -1.44. The molecule has 4 fully saturated rings. The second-order valence-electron chi connectivity index (χ2n) is 16.3. The number of carbonyl (C=O) groups is 7. The van der Waals surface area contributed by atoms with Gasteiger partial charge in [-0.05, 0) is 82.9 Å². The largest absolute Gasteiger partial charge is 0.391 e. The summed E-state index contributed by atoms with van der Waals surface area (Å²) in [5.74, 6) is -2.34. The Balaban J connectivity index is 1.12. The highest BCUT2D eigenvalue weighted by Crippen LogP contribution is 2.48. The predicted octanol–water partition coefficient (Wildman–Crippen LogP) is 2.05. The highest BCUT2D eigenvalue weighted by atomic mass is 16.3. The number of benzene rings is 2. The molecule has 0 radical (unpaired) electrons. The first-order valence-corrected chi connectivity index (χ1v) is 20.1. The minimum Gasteiger partial charge on any atom is -0.391 e. The standard InChI is InChI=1S/C42H55N7O8/c1-25-15-17-30(18-16-25)44-41(57)45-31(21-29-11-6-5-7-12-29)36(52)46-35(28(4)50)40(56)48-20-10-14-33(48)39(55)47-19-9-8-13-32(47)37(53)43-27(3)38(54)49-24-26(2)22-42(49)23-34(42)51/h5-7,11-12,15-18,26-28,31-33,35,50H,8-10,13-14,19-24H2,1-4H3,(H,43,53)(H,46,52)(H2,44,45,57)/t26-,27+,28+,31+,32+,33+,35+,42-/m1/s1. The van der Waals surface area contributed by atoms with Crippen molar-refractivity contribution in [3.63, 3.8) is 0 Å². The van der Waals surface area contributed by atoms with Gasteiger partial charge < -0.3 is 41.1 Å². The summed E-state index contributed by atoms with van der Waals surface area (Å²) in [4.78, 5) is 99.4. The van der Waals surface area contributed by atoms with Crippen molar-refractivity contribution >= 4 is 47.0 Å². The number of rotatable bonds is 12. The first-order valence-electron chi connectivity index (χ1n) is 20.1. The van der Waals surface area contributed by atoms with Gasteiger partial charge in [-0.15, -0.1) is 0 Å². The maximum Gasteiger partial charge on any atom is 0.319 e. The van der Waals surface area contributed by atoms with Crippen molar-refractivity contribution in [1.29, 1.82) is 0 Å². The Kier molecular flexibility index (Phi) is 12.7. The van der Waals surface area contributed by atoms with Gasteiger partial charge in [0.1, 0.15) is 35.7 Å². The van der Waals surface area contributed by atoms with E-state index in [4.69, 9.17) is 0 Å². The molecule has 0 bridgehead atoms. The lowest BCUT2D eigenvalue weighted by Crippen LogP contribution is -2.62. The fourth-order valence-electron chi connectivity index (χ4n) is 8.59. The molecule has 306 valence electrons. The Hall–Kier alpha value is -5.31. The lowest BCUT2D eigenvalue weighted by Gasteiger charge is -2.39. The smallest absolute Gasteiger partial charge is 0.319 e. The third kappa shape index (κ3) is 9.30. The zero-order chi connectivity index (χ0) is 41.0. The molecule has 3 aliphatic heterocycles. The molecule has 5 N–H and O–H groups in total. The normalized spacial score (nSPS) is 25.0. The summed E-state index contributed by atoms with van der Waals surface area (Å²) in [5, 5.41) is 21.8. The van der Waals surface area contributed by atoms with Crippen LogP contribution in [0.4, 0.5) is 10.5 Å². The first-order chi connectivity index (χ1) is 27.2. The van der Waals surface area contributed by atoms with Crippen LogP contribution < -0.4 is 21.3 Å². The summed E-state index contributed by atoms with van der Waals surface area (Å²) in [5.41, 5.74) is 1.54. The molecule has 7 amide bonds. The number of Topliss-reactive ketones (excluding diaryl/α,β-unsaturated/α-hetero) is 1. The summed E-state index contributed by atoms with van der Waals surface area (Å²) in [6.45, 7) is 7.82. The molecule has 15 heteroatoms. The fourth-order valence-corrected chi connectivity index (χ4v) is 8.59. The number of piperidine rings is 1. The van der Waals surface area contributed by atoms with Crippen molar-refractivity contribution in [1.82, 2.24) is 30.7 Å². The maximum absolute atomic E-state index is 14.3. The number of anilines is 1. The number of hydrogen-bond donors (Lipinski definition) is 5. The molecule has 0 unspecified atom stereocenters. The number of urea groups is 1. The van der Waals surface area contributed by atoms with E-state index in [-0.39, 0.29) is 37.1 Å². The van der Waals surface area contributed by atoms with E-state index in [0.717, 1.165) is 11.1 Å². The van der Waals surface area contributed by atoms with Gasteiger partial charge in [0.05, 0.1) is 6.10 Å². The van der Waals surface area contributed by atoms with Gasteiger partial charge in [-0.25, -0.2) is 4.79 Å². The Morgan fingerprint density at radius 1 is 0.842 bits per heavy atom. The molecule has 2 aromatic carbocycles. The molecule has 15 nitrogen and oxygen atoms in total. The summed E-state index contributed by atoms with van der Waals surface area (Å²) < 4.78 is 0. The zero-order valence-corrected chi connectivity index (χ0v) is 33.2. The molecule has 57 heavy (non-hydrogen) atoms. The molecule has 3 heterocycles. The quantitative estimate of drug-likeness (QED) is 0.216. The molecule has 0 aromatic heterocycles. The molecular weight excluding hydrogens is 731 g/mol. The molecule has 1 aliphatic carbocycles. The first kappa shape index (κ1) is 41.3. The van der Waals surface area contributed by atoms with E-state index in [9.17, 15) is 38.7 Å². The summed E-state index contributed by atoms with van der Waals surface area (Å²) in [6.07, 6.45) is 2.23. The molecule has 3 saturated heterocycles. The molecule has 8 atom stereocenters. The van der Waals surface area contributed by atoms with Crippen molar-refractivity contribution in [3.8, 4) is 0 Å². The van der Waals surface area contributed by atoms with Crippen molar-refractivity contribution in [2.45, 2.75) is 121 Å². The number of aliphatic hydroxyl groups is 1. The van der Waals surface area contributed by atoms with Crippen molar-refractivity contribution in [3.05, 3.63) is 65.7 Å². The Morgan fingerprint density at radius 3 is 2.18 bits per heavy atom. The average molecular weight is 786 g/mol. The van der Waals surface area contributed by atoms with Crippen LogP contribution in [0.3, 0.4) is 0 Å². The van der Waals surface area contributed by atoms with Gasteiger partial charge in [0.15, 0.2) is 5.78 Å². The van der Waals surface area contributed by atoms with Crippen LogP contribution in [0.5, 0.6) is 0 Å². The zero-order valence-electron chi connectivity index (χ0n) is 33.2. The van der Waals surface area contributed by atoms with E-state index in [1.165, 1.54) is 16.7 Å². The molecule has 4 aliphatic rings. The number of nitrogens with zero attached hydrogens (tertiary/aromatic N) is 3. The van der Waals surface area contributed by atoms with Gasteiger partial charge in [-0.3, -0.25) is 28.8 Å². The van der Waals surface area contributed by atoms with E-state index in [1.54, 1.807) is 36.1 Å². The topological polar surface area (TPSA) is 198 Å². The van der Waals surface area contributed by atoms with Gasteiger partial charge in [0.25, 0.3) is 0 Å². The average Bonchev–Trinajstić information content (AvgIpc) is 3.47. The highest BCUT2D eigenvalue weighted by molar-refractivity contribution is 6.09. The Morgan fingerprint density at radius 2 is 1.51 bits per heavy atom. The van der Waals surface area contributed by atoms with Crippen LogP contribution in [0.2, 0.25) is 0 Å².